The van der Waals surface area contributed by atoms with E-state index in [-0.39, 0.29) is 12.1 Å². The van der Waals surface area contributed by atoms with Gasteiger partial charge >= 0.3 is 12.1 Å². The third kappa shape index (κ3) is 2.67. The Balaban J connectivity index is 1.64. The lowest BCUT2D eigenvalue weighted by Gasteiger charge is -2.34. The Labute approximate surface area is 116 Å². The average Bonchev–Trinajstić information content (AvgIpc) is 3.12. The molecule has 20 heavy (non-hydrogen) atoms. The molecule has 1 N–H and O–H groups in total. The molecule has 6 heteroatoms. The second-order valence-electron chi connectivity index (χ2n) is 6.30. The first-order valence-corrected chi connectivity index (χ1v) is 7.63. The van der Waals surface area contributed by atoms with Gasteiger partial charge in [0.05, 0.1) is 0 Å². The first kappa shape index (κ1) is 14.2. The largest absolute Gasteiger partial charge is 0.471 e. The number of hydrogen-bond donors (Lipinski definition) is 1. The Kier molecular flexibility index (Phi) is 3.69. The van der Waals surface area contributed by atoms with Crippen LogP contribution in [-0.4, -0.2) is 41.2 Å². The number of rotatable bonds is 2. The van der Waals surface area contributed by atoms with Gasteiger partial charge in [-0.05, 0) is 25.7 Å². The Morgan fingerprint density at radius 3 is 1.95 bits per heavy atom. The number of nitrogens with one attached hydrogen (secondary N) is 1. The van der Waals surface area contributed by atoms with E-state index >= 15 is 0 Å². The number of carbonyl (C=O) groups excluding carboxylic acids is 1. The topological polar surface area (TPSA) is 32.1 Å². The van der Waals surface area contributed by atoms with Crippen LogP contribution in [0.25, 0.3) is 0 Å². The standard InChI is InChI=1S/C14H21F3N2O/c15-14(16,17)13(20)18-9-5-1-2-6-10(9)19-11-7-3-4-8-12(11)19/h9-12H,1-8H2,(H,18,20). The maximum Gasteiger partial charge on any atom is 0.471 e. The van der Waals surface area contributed by atoms with Crippen LogP contribution in [0.5, 0.6) is 0 Å². The van der Waals surface area contributed by atoms with Gasteiger partial charge < -0.3 is 5.32 Å². The number of amides is 1. The monoisotopic (exact) mass is 290 g/mol. The van der Waals surface area contributed by atoms with Gasteiger partial charge in [0, 0.05) is 24.2 Å². The van der Waals surface area contributed by atoms with Crippen LogP contribution in [-0.2, 0) is 4.79 Å². The van der Waals surface area contributed by atoms with E-state index in [9.17, 15) is 18.0 Å². The molecular weight excluding hydrogens is 269 g/mol. The number of likely N-dealkylation sites (tertiary alicyclic amines) is 1. The predicted octanol–water partition coefficient (Wildman–Crippen LogP) is 2.60. The molecule has 1 amide bonds. The van der Waals surface area contributed by atoms with Crippen molar-refractivity contribution in [3.8, 4) is 0 Å². The zero-order chi connectivity index (χ0) is 14.3. The van der Waals surface area contributed by atoms with E-state index in [0.717, 1.165) is 19.3 Å². The fraction of sp³-hybridized carbons (Fsp3) is 0.929. The average molecular weight is 290 g/mol. The Morgan fingerprint density at radius 2 is 1.40 bits per heavy atom. The minimum Gasteiger partial charge on any atom is -0.344 e. The van der Waals surface area contributed by atoms with Crippen molar-refractivity contribution < 1.29 is 18.0 Å². The molecule has 0 aromatic carbocycles. The first-order chi connectivity index (χ1) is 9.48. The zero-order valence-electron chi connectivity index (χ0n) is 11.5. The molecule has 1 heterocycles. The third-order valence-corrected chi connectivity index (χ3v) is 5.06. The number of fused-ring (bicyclic) bond motifs is 1. The molecular formula is C14H21F3N2O. The van der Waals surface area contributed by atoms with Crippen molar-refractivity contribution in [3.05, 3.63) is 0 Å². The Morgan fingerprint density at radius 1 is 0.900 bits per heavy atom. The number of halogens is 3. The number of nitrogens with zero attached hydrogens (tertiary/aromatic N) is 1. The molecule has 1 saturated heterocycles. The van der Waals surface area contributed by atoms with Crippen molar-refractivity contribution in [1.82, 2.24) is 10.2 Å². The van der Waals surface area contributed by atoms with Gasteiger partial charge in [-0.2, -0.15) is 13.2 Å². The molecule has 4 atom stereocenters. The molecule has 1 aliphatic heterocycles. The minimum atomic E-state index is -4.77. The molecule has 0 aromatic heterocycles. The van der Waals surface area contributed by atoms with Gasteiger partial charge in [0.25, 0.3) is 0 Å². The smallest absolute Gasteiger partial charge is 0.344 e. The van der Waals surface area contributed by atoms with Gasteiger partial charge in [-0.15, -0.1) is 0 Å². The van der Waals surface area contributed by atoms with Gasteiger partial charge in [-0.25, -0.2) is 0 Å². The summed E-state index contributed by atoms with van der Waals surface area (Å²) in [5.41, 5.74) is 0. The maximum atomic E-state index is 12.4. The van der Waals surface area contributed by atoms with Crippen LogP contribution >= 0.6 is 0 Å². The summed E-state index contributed by atoms with van der Waals surface area (Å²) in [5, 5.41) is 2.23. The molecule has 0 aromatic rings. The summed E-state index contributed by atoms with van der Waals surface area (Å²) in [6.07, 6.45) is 3.56. The summed E-state index contributed by atoms with van der Waals surface area (Å²) in [6, 6.07) is 0.918. The summed E-state index contributed by atoms with van der Waals surface area (Å²) in [6.45, 7) is 0. The molecule has 0 bridgehead atoms. The fourth-order valence-electron chi connectivity index (χ4n) is 4.12. The molecule has 114 valence electrons. The van der Waals surface area contributed by atoms with Crippen LogP contribution in [0.3, 0.4) is 0 Å². The molecule has 2 aliphatic carbocycles. The van der Waals surface area contributed by atoms with Crippen LogP contribution in [0, 0.1) is 0 Å². The molecule has 3 aliphatic rings. The number of carbonyl (C=O) groups is 1. The maximum absolute atomic E-state index is 12.4. The van der Waals surface area contributed by atoms with E-state index in [1.165, 1.54) is 25.7 Å². The van der Waals surface area contributed by atoms with E-state index in [1.54, 1.807) is 0 Å². The SMILES string of the molecule is O=C(NC1CCCCC1N1C2CCCCC21)C(F)(F)F. The highest BCUT2D eigenvalue weighted by atomic mass is 19.4. The lowest BCUT2D eigenvalue weighted by Crippen LogP contribution is -2.52. The highest BCUT2D eigenvalue weighted by molar-refractivity contribution is 5.82. The first-order valence-electron chi connectivity index (χ1n) is 7.63. The van der Waals surface area contributed by atoms with Crippen LogP contribution in [0.15, 0.2) is 0 Å². The lowest BCUT2D eigenvalue weighted by molar-refractivity contribution is -0.175. The summed E-state index contributed by atoms with van der Waals surface area (Å²) in [4.78, 5) is 13.6. The van der Waals surface area contributed by atoms with Crippen molar-refractivity contribution in [1.29, 1.82) is 0 Å². The van der Waals surface area contributed by atoms with Gasteiger partial charge in [-0.1, -0.05) is 25.7 Å². The summed E-state index contributed by atoms with van der Waals surface area (Å²) in [7, 11) is 0. The third-order valence-electron chi connectivity index (χ3n) is 5.06. The highest BCUT2D eigenvalue weighted by Crippen LogP contribution is 2.45. The van der Waals surface area contributed by atoms with Gasteiger partial charge in [0.15, 0.2) is 0 Å². The Bertz CT molecular complexity index is 373. The summed E-state index contributed by atoms with van der Waals surface area (Å²) >= 11 is 0. The van der Waals surface area contributed by atoms with Gasteiger partial charge in [0.1, 0.15) is 0 Å². The van der Waals surface area contributed by atoms with Gasteiger partial charge in [-0.3, -0.25) is 9.69 Å². The lowest BCUT2D eigenvalue weighted by atomic mass is 9.90. The van der Waals surface area contributed by atoms with Gasteiger partial charge in [0.2, 0.25) is 0 Å². The quantitative estimate of drug-likeness (QED) is 0.793. The molecule has 3 fully saturated rings. The van der Waals surface area contributed by atoms with Crippen LogP contribution in [0.1, 0.15) is 51.4 Å². The van der Waals surface area contributed by atoms with Crippen molar-refractivity contribution in [2.24, 2.45) is 0 Å². The molecule has 0 spiro atoms. The van der Waals surface area contributed by atoms with Crippen LogP contribution in [0.2, 0.25) is 0 Å². The molecule has 3 nitrogen and oxygen atoms in total. The van der Waals surface area contributed by atoms with E-state index in [4.69, 9.17) is 0 Å². The predicted molar refractivity (Wildman–Crippen MR) is 68.1 cm³/mol. The number of alkyl halides is 3. The summed E-state index contributed by atoms with van der Waals surface area (Å²) < 4.78 is 37.3. The normalized spacial score (nSPS) is 40.9. The van der Waals surface area contributed by atoms with Crippen molar-refractivity contribution in [3.63, 3.8) is 0 Å². The molecule has 4 unspecified atom stereocenters. The minimum absolute atomic E-state index is 0.114. The van der Waals surface area contributed by atoms with E-state index < -0.39 is 12.1 Å². The zero-order valence-corrected chi connectivity index (χ0v) is 11.5. The summed E-state index contributed by atoms with van der Waals surface area (Å²) in [5.74, 6) is -1.78. The number of hydrogen-bond acceptors (Lipinski definition) is 2. The van der Waals surface area contributed by atoms with E-state index in [0.29, 0.717) is 18.5 Å². The van der Waals surface area contributed by atoms with E-state index in [2.05, 4.69) is 10.2 Å². The van der Waals surface area contributed by atoms with Crippen LogP contribution in [0.4, 0.5) is 13.2 Å². The van der Waals surface area contributed by atoms with Crippen molar-refractivity contribution in [2.75, 3.05) is 0 Å². The van der Waals surface area contributed by atoms with Crippen molar-refractivity contribution in [2.45, 2.75) is 81.7 Å². The van der Waals surface area contributed by atoms with Crippen molar-refractivity contribution >= 4 is 5.91 Å². The second kappa shape index (κ2) is 5.20. The Hall–Kier alpha value is -0.780. The van der Waals surface area contributed by atoms with Crippen LogP contribution < -0.4 is 5.32 Å². The molecule has 2 saturated carbocycles. The second-order valence-corrected chi connectivity index (χ2v) is 6.30. The van der Waals surface area contributed by atoms with E-state index in [1.807, 2.05) is 0 Å². The molecule has 3 rings (SSSR count). The molecule has 0 radical (unpaired) electrons. The highest BCUT2D eigenvalue weighted by Gasteiger charge is 2.54. The fourth-order valence-corrected chi connectivity index (χ4v) is 4.12.